The van der Waals surface area contributed by atoms with Gasteiger partial charge < -0.3 is 14.6 Å². The predicted octanol–water partition coefficient (Wildman–Crippen LogP) is 3.34. The fourth-order valence-electron chi connectivity index (χ4n) is 4.33. The summed E-state index contributed by atoms with van der Waals surface area (Å²) in [4.78, 5) is 45.9. The average Bonchev–Trinajstić information content (AvgIpc) is 3.81. The summed E-state index contributed by atoms with van der Waals surface area (Å²) in [5, 5.41) is 3.09. The molecule has 13 heteroatoms. The summed E-state index contributed by atoms with van der Waals surface area (Å²) in [6.45, 7) is 7.84. The van der Waals surface area contributed by atoms with Gasteiger partial charge in [0.2, 0.25) is 5.88 Å². The number of ether oxygens (including phenoxy) is 1. The van der Waals surface area contributed by atoms with E-state index in [0.717, 1.165) is 18.5 Å². The first-order valence-corrected chi connectivity index (χ1v) is 14.3. The lowest BCUT2D eigenvalue weighted by atomic mass is 10.1. The normalized spacial score (nSPS) is 14.8. The van der Waals surface area contributed by atoms with Gasteiger partial charge in [0, 0.05) is 12.0 Å². The highest BCUT2D eigenvalue weighted by molar-refractivity contribution is 7.91. The van der Waals surface area contributed by atoms with Crippen LogP contribution in [0.5, 0.6) is 5.88 Å². The van der Waals surface area contributed by atoms with Crippen LogP contribution in [0.1, 0.15) is 69.2 Å². The number of hydrogen-bond acceptors (Lipinski definition) is 11. The molecule has 1 aliphatic rings. The van der Waals surface area contributed by atoms with Crippen molar-refractivity contribution >= 4 is 28.2 Å². The molecule has 12 nitrogen and oxygen atoms in total. The van der Waals surface area contributed by atoms with Gasteiger partial charge in [-0.15, -0.1) is 0 Å². The van der Waals surface area contributed by atoms with Gasteiger partial charge in [-0.05, 0) is 51.2 Å². The van der Waals surface area contributed by atoms with Crippen LogP contribution in [-0.4, -0.2) is 56.9 Å². The van der Waals surface area contributed by atoms with Crippen molar-refractivity contribution in [3.05, 3.63) is 46.3 Å². The maximum absolute atomic E-state index is 13.7. The minimum Gasteiger partial charge on any atom is -0.611 e. The maximum atomic E-state index is 13.7. The van der Waals surface area contributed by atoms with E-state index in [-0.39, 0.29) is 24.0 Å². The standard InChI is InChI=1S/C26H31N9O3S/c1-6-14(3)35-24-20(33-23(26(35)36)29-12-18-27-10-17(11-28-18)39(37)7-2)15(4)32-22(34-24)19-21(16-8-9-16)30-13-31-25(19)38-5/h10-11,13-14,16H,6-9,12H2,1-5H3,(H,29,33). The van der Waals surface area contributed by atoms with E-state index >= 15 is 0 Å². The van der Waals surface area contributed by atoms with E-state index < -0.39 is 11.2 Å². The van der Waals surface area contributed by atoms with Crippen molar-refractivity contribution in [2.45, 2.75) is 70.4 Å². The summed E-state index contributed by atoms with van der Waals surface area (Å²) >= 11 is -1.13. The topological polar surface area (TPSA) is 157 Å². The summed E-state index contributed by atoms with van der Waals surface area (Å²) in [6.07, 6.45) is 7.38. The van der Waals surface area contributed by atoms with Gasteiger partial charge in [-0.1, -0.05) is 6.92 Å². The maximum Gasteiger partial charge on any atom is 0.295 e. The smallest absolute Gasteiger partial charge is 0.295 e. The number of nitrogens with zero attached hydrogens (tertiary/aromatic N) is 8. The fourth-order valence-corrected chi connectivity index (χ4v) is 5.01. The number of hydrogen-bond donors (Lipinski definition) is 1. The van der Waals surface area contributed by atoms with Crippen molar-refractivity contribution in [3.8, 4) is 17.3 Å². The highest BCUT2D eigenvalue weighted by Gasteiger charge is 2.32. The van der Waals surface area contributed by atoms with Gasteiger partial charge in [0.25, 0.3) is 5.56 Å². The zero-order chi connectivity index (χ0) is 27.7. The van der Waals surface area contributed by atoms with Crippen LogP contribution in [-0.2, 0) is 17.7 Å². The molecule has 1 N–H and O–H groups in total. The van der Waals surface area contributed by atoms with E-state index in [1.54, 1.807) is 24.1 Å². The largest absolute Gasteiger partial charge is 0.611 e. The van der Waals surface area contributed by atoms with Crippen molar-refractivity contribution in [3.63, 3.8) is 0 Å². The van der Waals surface area contributed by atoms with Gasteiger partial charge in [0.1, 0.15) is 29.0 Å². The third-order valence-corrected chi connectivity index (χ3v) is 8.05. The molecule has 4 heterocycles. The molecule has 0 aromatic carbocycles. The molecule has 0 bridgehead atoms. The Balaban J connectivity index is 1.58. The van der Waals surface area contributed by atoms with Crippen LogP contribution in [0.3, 0.4) is 0 Å². The van der Waals surface area contributed by atoms with Gasteiger partial charge in [0.05, 0.1) is 37.4 Å². The number of nitrogens with one attached hydrogen (secondary N) is 1. The lowest BCUT2D eigenvalue weighted by molar-refractivity contribution is 0.397. The molecule has 5 rings (SSSR count). The molecule has 4 aromatic heterocycles. The van der Waals surface area contributed by atoms with Crippen molar-refractivity contribution in [2.75, 3.05) is 18.2 Å². The van der Waals surface area contributed by atoms with E-state index in [1.807, 2.05) is 27.7 Å². The second kappa shape index (κ2) is 11.2. The highest BCUT2D eigenvalue weighted by atomic mass is 32.2. The average molecular weight is 550 g/mol. The zero-order valence-electron chi connectivity index (χ0n) is 22.6. The van der Waals surface area contributed by atoms with Crippen LogP contribution in [0.2, 0.25) is 0 Å². The summed E-state index contributed by atoms with van der Waals surface area (Å²) < 4.78 is 19.2. The van der Waals surface area contributed by atoms with Crippen molar-refractivity contribution in [1.82, 2.24) is 39.5 Å². The third kappa shape index (κ3) is 5.28. The quantitative estimate of drug-likeness (QED) is 0.289. The molecule has 1 saturated carbocycles. The Morgan fingerprint density at radius 1 is 1.15 bits per heavy atom. The van der Waals surface area contributed by atoms with Crippen LogP contribution in [0.15, 0.2) is 28.4 Å². The monoisotopic (exact) mass is 549 g/mol. The second-order valence-corrected chi connectivity index (χ2v) is 11.2. The first-order chi connectivity index (χ1) is 18.9. The number of aromatic nitrogens is 8. The van der Waals surface area contributed by atoms with Gasteiger partial charge in [0.15, 0.2) is 22.2 Å². The molecule has 0 aliphatic heterocycles. The summed E-state index contributed by atoms with van der Waals surface area (Å²) in [5.41, 5.74) is 2.78. The minimum absolute atomic E-state index is 0.151. The first kappa shape index (κ1) is 26.9. The Kier molecular flexibility index (Phi) is 7.71. The molecule has 2 unspecified atom stereocenters. The number of rotatable bonds is 10. The van der Waals surface area contributed by atoms with Crippen molar-refractivity contribution < 1.29 is 9.29 Å². The second-order valence-electron chi connectivity index (χ2n) is 9.44. The molecule has 0 amide bonds. The Morgan fingerprint density at radius 2 is 1.90 bits per heavy atom. The van der Waals surface area contributed by atoms with Gasteiger partial charge in [-0.2, -0.15) is 0 Å². The highest BCUT2D eigenvalue weighted by Crippen LogP contribution is 2.45. The zero-order valence-corrected chi connectivity index (χ0v) is 23.4. The van der Waals surface area contributed by atoms with Gasteiger partial charge in [-0.3, -0.25) is 9.36 Å². The van der Waals surface area contributed by atoms with Crippen LogP contribution in [0.4, 0.5) is 5.82 Å². The van der Waals surface area contributed by atoms with Crippen LogP contribution in [0.25, 0.3) is 22.6 Å². The van der Waals surface area contributed by atoms with Gasteiger partial charge >= 0.3 is 0 Å². The number of aryl methyl sites for hydroxylation is 1. The number of anilines is 1. The third-order valence-electron chi connectivity index (χ3n) is 6.79. The summed E-state index contributed by atoms with van der Waals surface area (Å²) in [7, 11) is 1.56. The molecule has 0 saturated heterocycles. The van der Waals surface area contributed by atoms with Crippen molar-refractivity contribution in [1.29, 1.82) is 0 Å². The van der Waals surface area contributed by atoms with E-state index in [9.17, 15) is 9.35 Å². The van der Waals surface area contributed by atoms with Crippen LogP contribution in [0, 0.1) is 6.92 Å². The molecule has 1 aliphatic carbocycles. The summed E-state index contributed by atoms with van der Waals surface area (Å²) in [5.74, 6) is 2.24. The van der Waals surface area contributed by atoms with E-state index in [1.165, 1.54) is 6.33 Å². The molecule has 4 aromatic rings. The molecular formula is C26H31N9O3S. The Bertz CT molecular complexity index is 1560. The van der Waals surface area contributed by atoms with Crippen LogP contribution < -0.4 is 15.6 Å². The fraction of sp³-hybridized carbons (Fsp3) is 0.462. The number of methoxy groups -OCH3 is 1. The first-order valence-electron chi connectivity index (χ1n) is 13.0. The van der Waals surface area contributed by atoms with Crippen LogP contribution >= 0.6 is 0 Å². The molecule has 2 atom stereocenters. The molecular weight excluding hydrogens is 518 g/mol. The SMILES string of the molecule is CCC(C)n1c(=O)c(NCc2ncc([S+]([O-])CC)cn2)nc2c(C)nc(-c3c(OC)ncnc3C3CC3)nc21. The van der Waals surface area contributed by atoms with E-state index in [2.05, 4.69) is 30.2 Å². The lowest BCUT2D eigenvalue weighted by Gasteiger charge is -2.19. The molecule has 1 fully saturated rings. The van der Waals surface area contributed by atoms with Crippen molar-refractivity contribution in [2.24, 2.45) is 0 Å². The van der Waals surface area contributed by atoms with Gasteiger partial charge in [-0.25, -0.2) is 34.9 Å². The molecule has 0 radical (unpaired) electrons. The molecule has 204 valence electrons. The van der Waals surface area contributed by atoms with E-state index in [0.29, 0.717) is 62.9 Å². The minimum atomic E-state index is -1.13. The van der Waals surface area contributed by atoms with E-state index in [4.69, 9.17) is 14.7 Å². The summed E-state index contributed by atoms with van der Waals surface area (Å²) in [6, 6.07) is -0.151. The predicted molar refractivity (Wildman–Crippen MR) is 147 cm³/mol. The Morgan fingerprint density at radius 3 is 2.54 bits per heavy atom. The lowest BCUT2D eigenvalue weighted by Crippen LogP contribution is -2.29. The Labute approximate surface area is 228 Å². The number of fused-ring (bicyclic) bond motifs is 1. The Hall–Kier alpha value is -3.71. The molecule has 0 spiro atoms. The molecule has 39 heavy (non-hydrogen) atoms.